The average Bonchev–Trinajstić information content (AvgIpc) is 3.53. The highest BCUT2D eigenvalue weighted by atomic mass is 16.1. The lowest BCUT2D eigenvalue weighted by Gasteiger charge is -2.35. The van der Waals surface area contributed by atoms with Gasteiger partial charge in [-0.2, -0.15) is 5.21 Å². The number of unbranched alkanes of at least 4 members (excludes halogenated alkanes) is 1. The smallest absolute Gasteiger partial charge is 0.295 e. The van der Waals surface area contributed by atoms with E-state index in [-0.39, 0.29) is 11.7 Å². The van der Waals surface area contributed by atoms with Crippen molar-refractivity contribution in [3.8, 4) is 22.6 Å². The first-order chi connectivity index (χ1) is 17.6. The molecule has 1 saturated carbocycles. The van der Waals surface area contributed by atoms with Gasteiger partial charge >= 0.3 is 5.69 Å². The zero-order chi connectivity index (χ0) is 25.1. The molecule has 0 bridgehead atoms. The van der Waals surface area contributed by atoms with Gasteiger partial charge in [-0.1, -0.05) is 63.9 Å². The van der Waals surface area contributed by atoms with Gasteiger partial charge in [0.2, 0.25) is 5.82 Å². The Morgan fingerprint density at radius 1 is 1.06 bits per heavy atom. The van der Waals surface area contributed by atoms with Crippen molar-refractivity contribution in [2.75, 3.05) is 0 Å². The highest BCUT2D eigenvalue weighted by Gasteiger charge is 2.31. The van der Waals surface area contributed by atoms with Gasteiger partial charge in [-0.3, -0.25) is 14.1 Å². The standard InChI is InChI=1S/C28H35N7O/c1-4-5-11-22-18-35(26-19(2)9-8-10-20(26)3)28(36)34(22)17-21-14-15-25(29-16-21)23-12-6-7-13-24(23)27-30-32-33-31-27/h6-7,12-16,18-20,26H,4-5,8-11,17H2,1-3H3,(H,30,31,32,33). The molecule has 8 heteroatoms. The van der Waals surface area contributed by atoms with Crippen LogP contribution in [0.2, 0.25) is 0 Å². The van der Waals surface area contributed by atoms with E-state index < -0.39 is 0 Å². The predicted molar refractivity (Wildman–Crippen MR) is 140 cm³/mol. The molecular formula is C28H35N7O. The Balaban J connectivity index is 1.45. The number of rotatable bonds is 8. The minimum Gasteiger partial charge on any atom is -0.295 e. The third-order valence-corrected chi connectivity index (χ3v) is 7.63. The number of aromatic nitrogens is 7. The molecule has 1 aliphatic carbocycles. The minimum atomic E-state index is 0.109. The zero-order valence-electron chi connectivity index (χ0n) is 21.4. The van der Waals surface area contributed by atoms with Crippen LogP contribution in [-0.4, -0.2) is 34.7 Å². The molecule has 0 saturated heterocycles. The number of aromatic amines is 1. The van der Waals surface area contributed by atoms with Crippen molar-refractivity contribution in [2.45, 2.75) is 71.9 Å². The van der Waals surface area contributed by atoms with Gasteiger partial charge < -0.3 is 0 Å². The van der Waals surface area contributed by atoms with Gasteiger partial charge in [-0.05, 0) is 54.4 Å². The number of imidazole rings is 1. The monoisotopic (exact) mass is 485 g/mol. The van der Waals surface area contributed by atoms with Crippen LogP contribution in [-0.2, 0) is 13.0 Å². The molecule has 2 unspecified atom stereocenters. The van der Waals surface area contributed by atoms with Gasteiger partial charge in [0, 0.05) is 35.3 Å². The van der Waals surface area contributed by atoms with E-state index in [1.807, 2.05) is 45.7 Å². The van der Waals surface area contributed by atoms with Gasteiger partial charge in [-0.25, -0.2) is 4.79 Å². The van der Waals surface area contributed by atoms with Gasteiger partial charge in [0.05, 0.1) is 12.2 Å². The van der Waals surface area contributed by atoms with E-state index in [1.165, 1.54) is 19.3 Å². The molecule has 0 radical (unpaired) electrons. The number of pyridine rings is 1. The summed E-state index contributed by atoms with van der Waals surface area (Å²) in [6, 6.07) is 12.2. The van der Waals surface area contributed by atoms with Crippen LogP contribution in [0.4, 0.5) is 0 Å². The molecule has 1 aromatic carbocycles. The molecule has 1 aliphatic rings. The number of hydrogen-bond donors (Lipinski definition) is 1. The lowest BCUT2D eigenvalue weighted by atomic mass is 9.78. The molecule has 1 fully saturated rings. The quantitative estimate of drug-likeness (QED) is 0.366. The number of hydrogen-bond acceptors (Lipinski definition) is 5. The maximum Gasteiger partial charge on any atom is 0.328 e. The average molecular weight is 486 g/mol. The molecule has 8 nitrogen and oxygen atoms in total. The van der Waals surface area contributed by atoms with Gasteiger partial charge in [-0.15, -0.1) is 10.2 Å². The molecule has 4 aromatic rings. The second-order valence-electron chi connectivity index (χ2n) is 10.2. The summed E-state index contributed by atoms with van der Waals surface area (Å²) in [5.74, 6) is 1.57. The first kappa shape index (κ1) is 24.2. The molecule has 36 heavy (non-hydrogen) atoms. The second kappa shape index (κ2) is 10.6. The fraction of sp³-hybridized carbons (Fsp3) is 0.464. The predicted octanol–water partition coefficient (Wildman–Crippen LogP) is 5.28. The number of tetrazole rings is 1. The first-order valence-corrected chi connectivity index (χ1v) is 13.2. The number of nitrogens with zero attached hydrogens (tertiary/aromatic N) is 6. The van der Waals surface area contributed by atoms with E-state index in [0.717, 1.165) is 47.3 Å². The molecule has 5 rings (SSSR count). The molecular weight excluding hydrogens is 450 g/mol. The largest absolute Gasteiger partial charge is 0.328 e. The number of H-pyrrole nitrogens is 1. The number of aryl methyl sites for hydroxylation is 1. The van der Waals surface area contributed by atoms with Crippen LogP contribution in [0.1, 0.15) is 70.2 Å². The first-order valence-electron chi connectivity index (χ1n) is 13.2. The topological polar surface area (TPSA) is 94.3 Å². The maximum absolute atomic E-state index is 13.7. The summed E-state index contributed by atoms with van der Waals surface area (Å²) in [7, 11) is 0. The second-order valence-corrected chi connectivity index (χ2v) is 10.2. The van der Waals surface area contributed by atoms with Crippen LogP contribution >= 0.6 is 0 Å². The molecule has 1 N–H and O–H groups in total. The summed E-state index contributed by atoms with van der Waals surface area (Å²) in [6.07, 6.45) is 10.7. The molecule has 3 heterocycles. The van der Waals surface area contributed by atoms with Crippen molar-refractivity contribution < 1.29 is 0 Å². The molecule has 2 atom stereocenters. The van der Waals surface area contributed by atoms with Gasteiger partial charge in [0.15, 0.2) is 0 Å². The maximum atomic E-state index is 13.7. The normalized spacial score (nSPS) is 20.0. The van der Waals surface area contributed by atoms with Crippen LogP contribution in [0.25, 0.3) is 22.6 Å². The summed E-state index contributed by atoms with van der Waals surface area (Å²) < 4.78 is 4.01. The van der Waals surface area contributed by atoms with E-state index >= 15 is 0 Å². The van der Waals surface area contributed by atoms with E-state index in [9.17, 15) is 4.79 Å². The molecule has 3 aromatic heterocycles. The summed E-state index contributed by atoms with van der Waals surface area (Å²) in [4.78, 5) is 18.4. The van der Waals surface area contributed by atoms with Crippen LogP contribution < -0.4 is 5.69 Å². The van der Waals surface area contributed by atoms with Crippen molar-refractivity contribution in [3.05, 3.63) is 70.5 Å². The number of nitrogens with one attached hydrogen (secondary N) is 1. The Kier molecular flexibility index (Phi) is 7.11. The summed E-state index contributed by atoms with van der Waals surface area (Å²) in [6.45, 7) is 7.32. The molecule has 0 amide bonds. The molecule has 188 valence electrons. The Hall–Kier alpha value is -3.55. The molecule has 0 aliphatic heterocycles. The van der Waals surface area contributed by atoms with Crippen molar-refractivity contribution in [1.82, 2.24) is 34.7 Å². The summed E-state index contributed by atoms with van der Waals surface area (Å²) in [5.41, 5.74) is 4.89. The van der Waals surface area contributed by atoms with Crippen LogP contribution in [0.5, 0.6) is 0 Å². The fourth-order valence-corrected chi connectivity index (χ4v) is 5.74. The van der Waals surface area contributed by atoms with Crippen molar-refractivity contribution in [1.29, 1.82) is 0 Å². The summed E-state index contributed by atoms with van der Waals surface area (Å²) in [5, 5.41) is 14.5. The van der Waals surface area contributed by atoms with E-state index in [0.29, 0.717) is 24.2 Å². The Labute approximate surface area is 211 Å². The third-order valence-electron chi connectivity index (χ3n) is 7.63. The molecule has 0 spiro atoms. The Bertz CT molecular complexity index is 1330. The van der Waals surface area contributed by atoms with Crippen molar-refractivity contribution >= 4 is 0 Å². The minimum absolute atomic E-state index is 0.109. The van der Waals surface area contributed by atoms with E-state index in [2.05, 4.69) is 53.7 Å². The number of benzene rings is 1. The fourth-order valence-electron chi connectivity index (χ4n) is 5.74. The highest BCUT2D eigenvalue weighted by Crippen LogP contribution is 2.37. The van der Waals surface area contributed by atoms with Crippen LogP contribution in [0.3, 0.4) is 0 Å². The van der Waals surface area contributed by atoms with Crippen LogP contribution in [0, 0.1) is 11.8 Å². The van der Waals surface area contributed by atoms with E-state index in [1.54, 1.807) is 0 Å². The summed E-state index contributed by atoms with van der Waals surface area (Å²) >= 11 is 0. The highest BCUT2D eigenvalue weighted by molar-refractivity contribution is 5.78. The SMILES string of the molecule is CCCCc1cn(C2C(C)CCCC2C)c(=O)n1Cc1ccc(-c2ccccc2-c2nn[nH]n2)nc1. The van der Waals surface area contributed by atoms with Gasteiger partial charge in [0.1, 0.15) is 0 Å². The van der Waals surface area contributed by atoms with E-state index in [4.69, 9.17) is 4.98 Å². The zero-order valence-corrected chi connectivity index (χ0v) is 21.4. The third kappa shape index (κ3) is 4.76. The lowest BCUT2D eigenvalue weighted by Crippen LogP contribution is -2.35. The van der Waals surface area contributed by atoms with Gasteiger partial charge in [0.25, 0.3) is 0 Å². The Morgan fingerprint density at radius 2 is 1.83 bits per heavy atom. The van der Waals surface area contributed by atoms with Crippen molar-refractivity contribution in [2.24, 2.45) is 11.8 Å². The lowest BCUT2D eigenvalue weighted by molar-refractivity contribution is 0.179. The van der Waals surface area contributed by atoms with Crippen molar-refractivity contribution in [3.63, 3.8) is 0 Å². The van der Waals surface area contributed by atoms with Crippen LogP contribution in [0.15, 0.2) is 53.6 Å². The Morgan fingerprint density at radius 3 is 2.50 bits per heavy atom.